The van der Waals surface area contributed by atoms with Crippen LogP contribution in [0.4, 0.5) is 5.82 Å². The summed E-state index contributed by atoms with van der Waals surface area (Å²) in [7, 11) is 1.89. The van der Waals surface area contributed by atoms with Crippen molar-refractivity contribution in [3.63, 3.8) is 0 Å². The Morgan fingerprint density at radius 3 is 2.42 bits per heavy atom. The quantitative estimate of drug-likeness (QED) is 0.343. The zero-order chi connectivity index (χ0) is 26.1. The third kappa shape index (κ3) is 4.47. The van der Waals surface area contributed by atoms with Gasteiger partial charge in [0, 0.05) is 86.8 Å². The van der Waals surface area contributed by atoms with Gasteiger partial charge in [-0.1, -0.05) is 12.0 Å². The highest BCUT2D eigenvalue weighted by Gasteiger charge is 2.19. The van der Waals surface area contributed by atoms with E-state index in [0.717, 1.165) is 71.9 Å². The molecule has 0 radical (unpaired) electrons. The molecule has 0 bridgehead atoms. The molecule has 0 atom stereocenters. The summed E-state index contributed by atoms with van der Waals surface area (Å²) in [5.74, 6) is 3.51. The molecule has 1 aliphatic heterocycles. The number of hydrogen-bond acceptors (Lipinski definition) is 7. The average molecular weight is 500 g/mol. The first-order chi connectivity index (χ1) is 18.6. The largest absolute Gasteiger partial charge is 0.354 e. The van der Waals surface area contributed by atoms with Crippen molar-refractivity contribution in [3.8, 4) is 40.7 Å². The minimum absolute atomic E-state index is 0.530. The molecule has 0 spiro atoms. The van der Waals surface area contributed by atoms with Gasteiger partial charge in [0.25, 0.3) is 0 Å². The van der Waals surface area contributed by atoms with Crippen LogP contribution >= 0.6 is 0 Å². The van der Waals surface area contributed by atoms with Gasteiger partial charge >= 0.3 is 0 Å². The molecule has 0 amide bonds. The minimum Gasteiger partial charge on any atom is -0.354 e. The number of hydrogen-bond donors (Lipinski definition) is 0. The molecule has 0 N–H and O–H groups in total. The highest BCUT2D eigenvalue weighted by Crippen LogP contribution is 2.32. The lowest BCUT2D eigenvalue weighted by Gasteiger charge is -2.35. The molecule has 9 nitrogen and oxygen atoms in total. The molecule has 38 heavy (non-hydrogen) atoms. The predicted molar refractivity (Wildman–Crippen MR) is 145 cm³/mol. The number of nitrogens with zero attached hydrogens (tertiary/aromatic N) is 9. The van der Waals surface area contributed by atoms with Gasteiger partial charge in [0.05, 0.1) is 23.5 Å². The number of fused-ring (bicyclic) bond motifs is 1. The number of rotatable bonds is 5. The predicted octanol–water partition coefficient (Wildman–Crippen LogP) is 3.37. The smallest absolute Gasteiger partial charge is 0.128 e. The van der Waals surface area contributed by atoms with Crippen LogP contribution in [0.3, 0.4) is 0 Å². The van der Waals surface area contributed by atoms with Crippen molar-refractivity contribution in [1.82, 2.24) is 34.3 Å². The summed E-state index contributed by atoms with van der Waals surface area (Å²) in [5, 5.41) is 18.4. The van der Waals surface area contributed by atoms with E-state index in [4.69, 9.17) is 11.4 Å². The fraction of sp³-hybridized carbons (Fsp3) is 0.207. The molecule has 1 fully saturated rings. The molecule has 1 saturated heterocycles. The normalized spacial score (nSPS) is 13.9. The first-order valence-corrected chi connectivity index (χ1v) is 12.4. The number of terminal acetylenes is 1. The van der Waals surface area contributed by atoms with Crippen molar-refractivity contribution >= 4 is 11.3 Å². The molecule has 1 aliphatic rings. The number of aryl methyl sites for hydroxylation is 1. The lowest BCUT2D eigenvalue weighted by Crippen LogP contribution is -2.46. The topological polar surface area (TPSA) is 91.2 Å². The molecule has 9 heteroatoms. The van der Waals surface area contributed by atoms with Crippen LogP contribution in [0.2, 0.25) is 0 Å². The molecule has 5 aromatic rings. The second-order valence-corrected chi connectivity index (χ2v) is 9.37. The summed E-state index contributed by atoms with van der Waals surface area (Å²) in [6, 6.07) is 12.4. The first-order valence-electron chi connectivity index (χ1n) is 12.4. The van der Waals surface area contributed by atoms with Gasteiger partial charge in [0.1, 0.15) is 17.6 Å². The maximum atomic E-state index is 9.68. The second kappa shape index (κ2) is 9.81. The maximum absolute atomic E-state index is 9.68. The molecular formula is C29H25N9. The fourth-order valence-electron chi connectivity index (χ4n) is 4.88. The molecule has 0 saturated carbocycles. The molecular weight excluding hydrogens is 474 g/mol. The Bertz CT molecular complexity index is 1670. The molecule has 6 heterocycles. The van der Waals surface area contributed by atoms with Crippen LogP contribution in [0.5, 0.6) is 0 Å². The Balaban J connectivity index is 1.21. The molecule has 0 aromatic carbocycles. The molecule has 5 aromatic heterocycles. The summed E-state index contributed by atoms with van der Waals surface area (Å²) >= 11 is 0. The second-order valence-electron chi connectivity index (χ2n) is 9.37. The van der Waals surface area contributed by atoms with E-state index in [1.165, 1.54) is 0 Å². The summed E-state index contributed by atoms with van der Waals surface area (Å²) in [6.45, 7) is 4.52. The van der Waals surface area contributed by atoms with Crippen molar-refractivity contribution in [2.45, 2.75) is 6.54 Å². The van der Waals surface area contributed by atoms with Crippen LogP contribution in [-0.4, -0.2) is 60.4 Å². The lowest BCUT2D eigenvalue weighted by atomic mass is 10.0. The summed E-state index contributed by atoms with van der Waals surface area (Å²) < 4.78 is 3.53. The van der Waals surface area contributed by atoms with E-state index < -0.39 is 0 Å². The summed E-state index contributed by atoms with van der Waals surface area (Å²) in [5.41, 5.74) is 6.92. The third-order valence-electron chi connectivity index (χ3n) is 6.90. The van der Waals surface area contributed by atoms with Crippen LogP contribution in [-0.2, 0) is 13.6 Å². The molecule has 0 unspecified atom stereocenters. The number of piperazine rings is 1. The number of nitriles is 1. The van der Waals surface area contributed by atoms with E-state index in [2.05, 4.69) is 55.2 Å². The maximum Gasteiger partial charge on any atom is 0.128 e. The third-order valence-corrected chi connectivity index (χ3v) is 6.90. The van der Waals surface area contributed by atoms with Crippen molar-refractivity contribution < 1.29 is 0 Å². The highest BCUT2D eigenvalue weighted by atomic mass is 15.3. The van der Waals surface area contributed by atoms with Gasteiger partial charge in [-0.15, -0.1) is 6.42 Å². The van der Waals surface area contributed by atoms with E-state index in [0.29, 0.717) is 11.3 Å². The van der Waals surface area contributed by atoms with Crippen molar-refractivity contribution in [2.75, 3.05) is 31.1 Å². The molecule has 0 aliphatic carbocycles. The van der Waals surface area contributed by atoms with E-state index in [9.17, 15) is 5.26 Å². The average Bonchev–Trinajstić information content (AvgIpc) is 3.59. The number of aromatic nitrogens is 6. The number of anilines is 1. The van der Waals surface area contributed by atoms with Gasteiger partial charge in [-0.25, -0.2) is 14.5 Å². The van der Waals surface area contributed by atoms with Crippen LogP contribution in [0, 0.1) is 23.7 Å². The Morgan fingerprint density at radius 2 is 1.76 bits per heavy atom. The van der Waals surface area contributed by atoms with Crippen molar-refractivity contribution in [3.05, 3.63) is 84.3 Å². The SMILES string of the molecule is C#Cc1ccc(CN2CCN(c3ccc(-c4cc(-c5cnn(C)c5)cn5ncc(C#N)c45)cn3)CC2)cn1. The van der Waals surface area contributed by atoms with Gasteiger partial charge in [-0.2, -0.15) is 15.5 Å². The molecule has 186 valence electrons. The summed E-state index contributed by atoms with van der Waals surface area (Å²) in [4.78, 5) is 13.8. The number of pyridine rings is 3. The van der Waals surface area contributed by atoms with Gasteiger partial charge in [-0.05, 0) is 29.8 Å². The zero-order valence-electron chi connectivity index (χ0n) is 21.0. The summed E-state index contributed by atoms with van der Waals surface area (Å²) in [6.07, 6.45) is 16.5. The van der Waals surface area contributed by atoms with Crippen molar-refractivity contribution in [2.24, 2.45) is 7.05 Å². The van der Waals surface area contributed by atoms with Crippen LogP contribution < -0.4 is 4.90 Å². The first kappa shape index (κ1) is 23.4. The van der Waals surface area contributed by atoms with Gasteiger partial charge in [0.2, 0.25) is 0 Å². The van der Waals surface area contributed by atoms with Gasteiger partial charge in [-0.3, -0.25) is 9.58 Å². The fourth-order valence-corrected chi connectivity index (χ4v) is 4.88. The zero-order valence-corrected chi connectivity index (χ0v) is 21.0. The van der Waals surface area contributed by atoms with Crippen LogP contribution in [0.25, 0.3) is 27.8 Å². The van der Waals surface area contributed by atoms with Gasteiger partial charge in [0.15, 0.2) is 0 Å². The Hall–Kier alpha value is -4.99. The van der Waals surface area contributed by atoms with Crippen LogP contribution in [0.1, 0.15) is 16.8 Å². The Morgan fingerprint density at radius 1 is 0.895 bits per heavy atom. The lowest BCUT2D eigenvalue weighted by molar-refractivity contribution is 0.249. The van der Waals surface area contributed by atoms with E-state index in [1.54, 1.807) is 15.4 Å². The monoisotopic (exact) mass is 499 g/mol. The van der Waals surface area contributed by atoms with Crippen LogP contribution in [0.15, 0.2) is 67.5 Å². The van der Waals surface area contributed by atoms with E-state index in [-0.39, 0.29) is 0 Å². The van der Waals surface area contributed by atoms with Crippen molar-refractivity contribution in [1.29, 1.82) is 5.26 Å². The Kier molecular flexibility index (Phi) is 6.04. The standard InChI is InChI=1S/C29H25N9/c1-3-26-6-4-21(14-31-26)18-36-8-10-37(11-9-36)28-7-5-22(15-32-28)27-12-23(25-17-33-35(2)19-25)20-38-29(27)24(13-30)16-34-38/h1,4-7,12,14-17,19-20H,8-11,18H2,2H3. The Labute approximate surface area is 220 Å². The van der Waals surface area contributed by atoms with E-state index in [1.807, 2.05) is 50.2 Å². The van der Waals surface area contributed by atoms with E-state index >= 15 is 0 Å². The highest BCUT2D eigenvalue weighted by molar-refractivity contribution is 5.87. The van der Waals surface area contributed by atoms with Gasteiger partial charge < -0.3 is 4.90 Å². The molecule has 6 rings (SSSR count). The minimum atomic E-state index is 0.530.